The van der Waals surface area contributed by atoms with Crippen molar-refractivity contribution in [3.05, 3.63) is 35.2 Å². The molecule has 7 nitrogen and oxygen atoms in total. The summed E-state index contributed by atoms with van der Waals surface area (Å²) in [5.41, 5.74) is 2.24. The zero-order valence-corrected chi connectivity index (χ0v) is 14.0. The lowest BCUT2D eigenvalue weighted by atomic mass is 10.1. The summed E-state index contributed by atoms with van der Waals surface area (Å²) in [7, 11) is 4.82. The van der Waals surface area contributed by atoms with Crippen molar-refractivity contribution in [2.45, 2.75) is 20.4 Å². The summed E-state index contributed by atoms with van der Waals surface area (Å²) in [5, 5.41) is 6.74. The minimum Gasteiger partial charge on any atom is -0.493 e. The van der Waals surface area contributed by atoms with E-state index in [2.05, 4.69) is 10.5 Å². The Bertz CT molecular complexity index is 697. The van der Waals surface area contributed by atoms with Crippen molar-refractivity contribution in [1.82, 2.24) is 10.1 Å². The molecule has 0 aliphatic rings. The fourth-order valence-corrected chi connectivity index (χ4v) is 2.13. The molecular formula is C16H21N3O4. The van der Waals surface area contributed by atoms with Crippen LogP contribution in [0.15, 0.2) is 22.7 Å². The maximum atomic E-state index is 12.3. The molecule has 23 heavy (non-hydrogen) atoms. The molecule has 0 atom stereocenters. The van der Waals surface area contributed by atoms with Crippen LogP contribution in [0.2, 0.25) is 0 Å². The summed E-state index contributed by atoms with van der Waals surface area (Å²) < 4.78 is 15.5. The largest absolute Gasteiger partial charge is 0.493 e. The van der Waals surface area contributed by atoms with Crippen molar-refractivity contribution >= 4 is 11.7 Å². The standard InChI is InChI=1S/C16H21N3O4/c1-10-6-14(21-4)15(22-5)8-13(10)17-16(20)19(3)9-12-7-11(2)23-18-12/h6-8H,9H2,1-5H3,(H,17,20). The molecule has 1 aromatic carbocycles. The summed E-state index contributed by atoms with van der Waals surface area (Å²) in [6.45, 7) is 4.05. The van der Waals surface area contributed by atoms with Gasteiger partial charge in [-0.25, -0.2) is 4.79 Å². The monoisotopic (exact) mass is 319 g/mol. The van der Waals surface area contributed by atoms with Crippen molar-refractivity contribution in [3.8, 4) is 11.5 Å². The number of urea groups is 1. The summed E-state index contributed by atoms with van der Waals surface area (Å²) in [6, 6.07) is 5.10. The lowest BCUT2D eigenvalue weighted by molar-refractivity contribution is 0.219. The minimum atomic E-state index is -0.249. The smallest absolute Gasteiger partial charge is 0.321 e. The average Bonchev–Trinajstić information content (AvgIpc) is 2.93. The number of hydrogen-bond acceptors (Lipinski definition) is 5. The Morgan fingerprint density at radius 3 is 2.43 bits per heavy atom. The first-order valence-electron chi connectivity index (χ1n) is 7.11. The van der Waals surface area contributed by atoms with Gasteiger partial charge in [-0.05, 0) is 25.5 Å². The van der Waals surface area contributed by atoms with Crippen molar-refractivity contribution < 1.29 is 18.8 Å². The first-order valence-corrected chi connectivity index (χ1v) is 7.11. The number of carbonyl (C=O) groups excluding carboxylic acids is 1. The number of benzene rings is 1. The second kappa shape index (κ2) is 7.04. The van der Waals surface area contributed by atoms with Crippen LogP contribution in [0.25, 0.3) is 0 Å². The van der Waals surface area contributed by atoms with Gasteiger partial charge in [-0.3, -0.25) is 0 Å². The van der Waals surface area contributed by atoms with Crippen molar-refractivity contribution in [2.75, 3.05) is 26.6 Å². The first kappa shape index (κ1) is 16.7. The molecule has 0 aliphatic heterocycles. The van der Waals surface area contributed by atoms with Gasteiger partial charge < -0.3 is 24.2 Å². The molecule has 0 saturated carbocycles. The molecule has 0 aliphatic carbocycles. The number of anilines is 1. The highest BCUT2D eigenvalue weighted by Crippen LogP contribution is 2.33. The Balaban J connectivity index is 2.10. The second-order valence-electron chi connectivity index (χ2n) is 5.24. The van der Waals surface area contributed by atoms with E-state index in [9.17, 15) is 4.79 Å². The molecule has 2 amide bonds. The molecule has 2 aromatic rings. The topological polar surface area (TPSA) is 76.8 Å². The number of amides is 2. The fourth-order valence-electron chi connectivity index (χ4n) is 2.13. The number of nitrogens with zero attached hydrogens (tertiary/aromatic N) is 2. The van der Waals surface area contributed by atoms with Gasteiger partial charge in [-0.15, -0.1) is 0 Å². The van der Waals surface area contributed by atoms with Gasteiger partial charge in [0.2, 0.25) is 0 Å². The van der Waals surface area contributed by atoms with Crippen molar-refractivity contribution in [2.24, 2.45) is 0 Å². The molecule has 2 rings (SSSR count). The number of ether oxygens (including phenoxy) is 2. The van der Waals surface area contributed by atoms with Crippen LogP contribution < -0.4 is 14.8 Å². The van der Waals surface area contributed by atoms with E-state index in [1.165, 1.54) is 4.90 Å². The first-order chi connectivity index (χ1) is 10.9. The molecule has 0 unspecified atom stereocenters. The zero-order chi connectivity index (χ0) is 17.0. The van der Waals surface area contributed by atoms with Crippen LogP contribution in [0.3, 0.4) is 0 Å². The molecule has 1 aromatic heterocycles. The number of nitrogens with one attached hydrogen (secondary N) is 1. The molecule has 1 heterocycles. The van der Waals surface area contributed by atoms with E-state index in [0.717, 1.165) is 5.56 Å². The highest BCUT2D eigenvalue weighted by Gasteiger charge is 2.15. The molecule has 124 valence electrons. The number of carbonyl (C=O) groups is 1. The minimum absolute atomic E-state index is 0.249. The second-order valence-corrected chi connectivity index (χ2v) is 5.24. The number of rotatable bonds is 5. The Labute approximate surface area is 135 Å². The number of aryl methyl sites for hydroxylation is 2. The summed E-state index contributed by atoms with van der Waals surface area (Å²) >= 11 is 0. The van der Waals surface area contributed by atoms with E-state index in [1.54, 1.807) is 33.4 Å². The van der Waals surface area contributed by atoms with E-state index < -0.39 is 0 Å². The van der Waals surface area contributed by atoms with Crippen LogP contribution >= 0.6 is 0 Å². The predicted molar refractivity (Wildman–Crippen MR) is 86.0 cm³/mol. The van der Waals surface area contributed by atoms with E-state index in [4.69, 9.17) is 14.0 Å². The van der Waals surface area contributed by atoms with Gasteiger partial charge in [0, 0.05) is 24.9 Å². The Hall–Kier alpha value is -2.70. The van der Waals surface area contributed by atoms with Crippen molar-refractivity contribution in [1.29, 1.82) is 0 Å². The van der Waals surface area contributed by atoms with E-state index >= 15 is 0 Å². The fraction of sp³-hybridized carbons (Fsp3) is 0.375. The van der Waals surface area contributed by atoms with E-state index in [0.29, 0.717) is 35.2 Å². The van der Waals surface area contributed by atoms with Crippen LogP contribution in [-0.4, -0.2) is 37.4 Å². The molecule has 0 fully saturated rings. The quantitative estimate of drug-likeness (QED) is 0.917. The van der Waals surface area contributed by atoms with Crippen molar-refractivity contribution in [3.63, 3.8) is 0 Å². The third-order valence-corrected chi connectivity index (χ3v) is 3.39. The Morgan fingerprint density at radius 2 is 1.87 bits per heavy atom. The van der Waals surface area contributed by atoms with Gasteiger partial charge in [-0.2, -0.15) is 0 Å². The molecular weight excluding hydrogens is 298 g/mol. The normalized spacial score (nSPS) is 10.3. The third kappa shape index (κ3) is 3.94. The van der Waals surface area contributed by atoms with Crippen LogP contribution in [0.1, 0.15) is 17.0 Å². The SMILES string of the molecule is COc1cc(C)c(NC(=O)N(C)Cc2cc(C)on2)cc1OC. The molecule has 0 saturated heterocycles. The third-order valence-electron chi connectivity index (χ3n) is 3.39. The van der Waals surface area contributed by atoms with Gasteiger partial charge in [0.15, 0.2) is 11.5 Å². The van der Waals surface area contributed by atoms with Crippen LogP contribution in [0.5, 0.6) is 11.5 Å². The molecule has 1 N–H and O–H groups in total. The van der Waals surface area contributed by atoms with Crippen LogP contribution in [-0.2, 0) is 6.54 Å². The van der Waals surface area contributed by atoms with Gasteiger partial charge in [0.1, 0.15) is 11.5 Å². The highest BCUT2D eigenvalue weighted by molar-refractivity contribution is 5.90. The molecule has 0 radical (unpaired) electrons. The predicted octanol–water partition coefficient (Wildman–Crippen LogP) is 2.97. The maximum absolute atomic E-state index is 12.3. The number of methoxy groups -OCH3 is 2. The lowest BCUT2D eigenvalue weighted by Crippen LogP contribution is -2.31. The van der Waals surface area contributed by atoms with Crippen LogP contribution in [0.4, 0.5) is 10.5 Å². The van der Waals surface area contributed by atoms with E-state index in [1.807, 2.05) is 19.9 Å². The average molecular weight is 319 g/mol. The molecule has 7 heteroatoms. The highest BCUT2D eigenvalue weighted by atomic mass is 16.5. The van der Waals surface area contributed by atoms with E-state index in [-0.39, 0.29) is 6.03 Å². The lowest BCUT2D eigenvalue weighted by Gasteiger charge is -2.18. The number of aromatic nitrogens is 1. The summed E-state index contributed by atoms with van der Waals surface area (Å²) in [6.07, 6.45) is 0. The van der Waals surface area contributed by atoms with Gasteiger partial charge in [-0.1, -0.05) is 5.16 Å². The summed E-state index contributed by atoms with van der Waals surface area (Å²) in [5.74, 6) is 1.89. The van der Waals surface area contributed by atoms with Crippen LogP contribution in [0, 0.1) is 13.8 Å². The zero-order valence-electron chi connectivity index (χ0n) is 14.0. The molecule has 0 bridgehead atoms. The number of hydrogen-bond donors (Lipinski definition) is 1. The Kier molecular flexibility index (Phi) is 5.10. The van der Waals surface area contributed by atoms with Gasteiger partial charge in [0.25, 0.3) is 0 Å². The van der Waals surface area contributed by atoms with Gasteiger partial charge >= 0.3 is 6.03 Å². The maximum Gasteiger partial charge on any atom is 0.321 e. The molecule has 0 spiro atoms. The van der Waals surface area contributed by atoms with Gasteiger partial charge in [0.05, 0.1) is 20.8 Å². The summed E-state index contributed by atoms with van der Waals surface area (Å²) in [4.78, 5) is 13.8. The Morgan fingerprint density at radius 1 is 1.22 bits per heavy atom.